The average molecular weight is 329 g/mol. The van der Waals surface area contributed by atoms with Crippen molar-refractivity contribution in [2.45, 2.75) is 51.7 Å². The highest BCUT2D eigenvalue weighted by Crippen LogP contribution is 2.36. The molecule has 0 radical (unpaired) electrons. The van der Waals surface area contributed by atoms with Gasteiger partial charge in [-0.3, -0.25) is 0 Å². The minimum atomic E-state index is -3.03. The minimum absolute atomic E-state index is 0.120. The summed E-state index contributed by atoms with van der Waals surface area (Å²) in [5, 5.41) is 10.3. The third-order valence-corrected chi connectivity index (χ3v) is 3.31. The fourth-order valence-electron chi connectivity index (χ4n) is 2.08. The van der Waals surface area contributed by atoms with Crippen LogP contribution in [0.3, 0.4) is 0 Å². The van der Waals surface area contributed by atoms with Crippen LogP contribution in [0.4, 0.5) is 13.6 Å². The largest absolute Gasteiger partial charge is 0.444 e. The van der Waals surface area contributed by atoms with Crippen molar-refractivity contribution in [1.29, 1.82) is 0 Å². The quantitative estimate of drug-likeness (QED) is 0.885. The van der Waals surface area contributed by atoms with E-state index in [1.54, 1.807) is 26.8 Å². The lowest BCUT2D eigenvalue weighted by atomic mass is 9.96. The Balaban J connectivity index is 2.91. The van der Waals surface area contributed by atoms with E-state index >= 15 is 0 Å². The van der Waals surface area contributed by atoms with Gasteiger partial charge in [0.05, 0.1) is 12.6 Å². The van der Waals surface area contributed by atoms with Crippen LogP contribution in [0.2, 0.25) is 0 Å². The zero-order chi connectivity index (χ0) is 17.8. The average Bonchev–Trinajstić information content (AvgIpc) is 2.45. The van der Waals surface area contributed by atoms with Gasteiger partial charge in [0.25, 0.3) is 5.92 Å². The summed E-state index contributed by atoms with van der Waals surface area (Å²) in [4.78, 5) is 13.1. The summed E-state index contributed by atoms with van der Waals surface area (Å²) >= 11 is 0. The van der Waals surface area contributed by atoms with E-state index in [-0.39, 0.29) is 24.1 Å². The van der Waals surface area contributed by atoms with Crippen molar-refractivity contribution in [3.8, 4) is 0 Å². The molecular formula is C17H25F2NO3. The SMILES string of the molecule is CCC(F)(F)c1ccccc1C(O)CN(C)C(=O)OC(C)(C)C. The molecule has 1 amide bonds. The normalized spacial score (nSPS) is 13.6. The number of aliphatic hydroxyl groups excluding tert-OH is 1. The maximum atomic E-state index is 14.0. The molecule has 0 bridgehead atoms. The highest BCUT2D eigenvalue weighted by molar-refractivity contribution is 5.67. The topological polar surface area (TPSA) is 49.8 Å². The fourth-order valence-corrected chi connectivity index (χ4v) is 2.08. The molecule has 0 saturated carbocycles. The van der Waals surface area contributed by atoms with Crippen LogP contribution in [0, 0.1) is 0 Å². The van der Waals surface area contributed by atoms with Crippen LogP contribution in [-0.2, 0) is 10.7 Å². The predicted molar refractivity (Wildman–Crippen MR) is 84.5 cm³/mol. The monoisotopic (exact) mass is 329 g/mol. The summed E-state index contributed by atoms with van der Waals surface area (Å²) in [6, 6.07) is 5.84. The van der Waals surface area contributed by atoms with Gasteiger partial charge in [0.1, 0.15) is 5.60 Å². The van der Waals surface area contributed by atoms with Gasteiger partial charge in [-0.25, -0.2) is 13.6 Å². The first-order valence-electron chi connectivity index (χ1n) is 7.57. The number of alkyl halides is 2. The van der Waals surface area contributed by atoms with Crippen molar-refractivity contribution < 1.29 is 23.4 Å². The molecule has 6 heteroatoms. The van der Waals surface area contributed by atoms with E-state index in [0.717, 1.165) is 0 Å². The number of hydrogen-bond acceptors (Lipinski definition) is 3. The molecule has 0 fully saturated rings. The van der Waals surface area contributed by atoms with E-state index < -0.39 is 23.7 Å². The summed E-state index contributed by atoms with van der Waals surface area (Å²) in [5.41, 5.74) is -0.758. The van der Waals surface area contributed by atoms with Gasteiger partial charge in [0.15, 0.2) is 0 Å². The Hall–Kier alpha value is -1.69. The van der Waals surface area contributed by atoms with Crippen LogP contribution in [0.5, 0.6) is 0 Å². The van der Waals surface area contributed by atoms with Crippen LogP contribution in [0.15, 0.2) is 24.3 Å². The number of nitrogens with zero attached hydrogens (tertiary/aromatic N) is 1. The van der Waals surface area contributed by atoms with Crippen LogP contribution < -0.4 is 0 Å². The lowest BCUT2D eigenvalue weighted by Gasteiger charge is -2.27. The molecule has 1 atom stereocenters. The summed E-state index contributed by atoms with van der Waals surface area (Å²) in [5.74, 6) is -3.03. The summed E-state index contributed by atoms with van der Waals surface area (Å²) in [6.45, 7) is 6.44. The first kappa shape index (κ1) is 19.4. The van der Waals surface area contributed by atoms with Crippen molar-refractivity contribution in [2.75, 3.05) is 13.6 Å². The molecule has 0 aromatic heterocycles. The van der Waals surface area contributed by atoms with Crippen LogP contribution >= 0.6 is 0 Å². The van der Waals surface area contributed by atoms with E-state index in [1.165, 1.54) is 37.1 Å². The van der Waals surface area contributed by atoms with E-state index in [2.05, 4.69) is 0 Å². The number of likely N-dealkylation sites (N-methyl/N-ethyl adjacent to an activating group) is 1. The number of amides is 1. The number of carbonyl (C=O) groups excluding carboxylic acids is 1. The minimum Gasteiger partial charge on any atom is -0.444 e. The van der Waals surface area contributed by atoms with E-state index in [4.69, 9.17) is 4.74 Å². The molecule has 1 rings (SSSR count). The van der Waals surface area contributed by atoms with Gasteiger partial charge in [0, 0.05) is 19.0 Å². The molecule has 130 valence electrons. The van der Waals surface area contributed by atoms with Gasteiger partial charge in [-0.1, -0.05) is 31.2 Å². The standard InChI is InChI=1S/C17H25F2NO3/c1-6-17(18,19)13-10-8-7-9-12(13)14(21)11-20(5)15(22)23-16(2,3)4/h7-10,14,21H,6,11H2,1-5H3. The van der Waals surface area contributed by atoms with Crippen molar-refractivity contribution in [3.05, 3.63) is 35.4 Å². The number of hydrogen-bond donors (Lipinski definition) is 1. The molecule has 0 heterocycles. The molecular weight excluding hydrogens is 304 g/mol. The smallest absolute Gasteiger partial charge is 0.410 e. The molecule has 1 aromatic carbocycles. The third kappa shape index (κ3) is 5.46. The van der Waals surface area contributed by atoms with E-state index in [1.807, 2.05) is 0 Å². The zero-order valence-electron chi connectivity index (χ0n) is 14.3. The second-order valence-electron chi connectivity index (χ2n) is 6.52. The first-order valence-corrected chi connectivity index (χ1v) is 7.57. The molecule has 0 spiro atoms. The Bertz CT molecular complexity index is 541. The van der Waals surface area contributed by atoms with Crippen LogP contribution in [-0.4, -0.2) is 35.3 Å². The van der Waals surface area contributed by atoms with Crippen molar-refractivity contribution in [3.63, 3.8) is 0 Å². The maximum Gasteiger partial charge on any atom is 0.410 e. The Morgan fingerprint density at radius 1 is 1.30 bits per heavy atom. The Morgan fingerprint density at radius 2 is 1.87 bits per heavy atom. The van der Waals surface area contributed by atoms with Gasteiger partial charge in [0.2, 0.25) is 0 Å². The van der Waals surface area contributed by atoms with Crippen molar-refractivity contribution >= 4 is 6.09 Å². The number of rotatable bonds is 5. The summed E-state index contributed by atoms with van der Waals surface area (Å²) < 4.78 is 33.2. The Kier molecular flexibility index (Phi) is 6.11. The van der Waals surface area contributed by atoms with Gasteiger partial charge >= 0.3 is 6.09 Å². The Morgan fingerprint density at radius 3 is 2.39 bits per heavy atom. The molecule has 0 aliphatic rings. The maximum absolute atomic E-state index is 14.0. The molecule has 0 aliphatic heterocycles. The predicted octanol–water partition coefficient (Wildman–Crippen LogP) is 4.09. The molecule has 1 aromatic rings. The van der Waals surface area contributed by atoms with Crippen LogP contribution in [0.1, 0.15) is 51.3 Å². The van der Waals surface area contributed by atoms with Gasteiger partial charge in [-0.15, -0.1) is 0 Å². The molecule has 1 unspecified atom stereocenters. The number of carbonyl (C=O) groups is 1. The number of ether oxygens (including phenoxy) is 1. The fraction of sp³-hybridized carbons (Fsp3) is 0.588. The molecule has 1 N–H and O–H groups in total. The second kappa shape index (κ2) is 7.25. The summed E-state index contributed by atoms with van der Waals surface area (Å²) in [7, 11) is 1.46. The van der Waals surface area contributed by atoms with Gasteiger partial charge in [-0.05, 0) is 26.3 Å². The van der Waals surface area contributed by atoms with E-state index in [0.29, 0.717) is 0 Å². The molecule has 0 aliphatic carbocycles. The zero-order valence-corrected chi connectivity index (χ0v) is 14.3. The lowest BCUT2D eigenvalue weighted by Crippen LogP contribution is -2.36. The third-order valence-electron chi connectivity index (χ3n) is 3.31. The highest BCUT2D eigenvalue weighted by Gasteiger charge is 2.33. The summed E-state index contributed by atoms with van der Waals surface area (Å²) in [6.07, 6.45) is -2.20. The number of halogens is 2. The van der Waals surface area contributed by atoms with Crippen LogP contribution in [0.25, 0.3) is 0 Å². The van der Waals surface area contributed by atoms with Crippen molar-refractivity contribution in [1.82, 2.24) is 4.90 Å². The molecule has 4 nitrogen and oxygen atoms in total. The first-order chi connectivity index (χ1) is 10.5. The van der Waals surface area contributed by atoms with E-state index in [9.17, 15) is 18.7 Å². The number of benzene rings is 1. The Labute approximate surface area is 136 Å². The van der Waals surface area contributed by atoms with Gasteiger partial charge < -0.3 is 14.7 Å². The molecule has 0 saturated heterocycles. The van der Waals surface area contributed by atoms with Crippen molar-refractivity contribution in [2.24, 2.45) is 0 Å². The number of aliphatic hydroxyl groups is 1. The second-order valence-corrected chi connectivity index (χ2v) is 6.52. The lowest BCUT2D eigenvalue weighted by molar-refractivity contribution is -0.0125. The van der Waals surface area contributed by atoms with Gasteiger partial charge in [-0.2, -0.15) is 0 Å². The highest BCUT2D eigenvalue weighted by atomic mass is 19.3. The molecule has 23 heavy (non-hydrogen) atoms.